The first-order chi connectivity index (χ1) is 9.63. The Morgan fingerprint density at radius 2 is 1.95 bits per heavy atom. The molecule has 4 heteroatoms. The molecule has 0 fully saturated rings. The summed E-state index contributed by atoms with van der Waals surface area (Å²) in [5.41, 5.74) is 9.94. The third-order valence-electron chi connectivity index (χ3n) is 3.80. The molecule has 1 aliphatic carbocycles. The Bertz CT molecular complexity index is 642. The Kier molecular flexibility index (Phi) is 3.66. The number of anilines is 2. The highest BCUT2D eigenvalue weighted by atomic mass is 79.9. The molecule has 0 saturated heterocycles. The Balaban J connectivity index is 1.78. The molecule has 1 atom stereocenters. The summed E-state index contributed by atoms with van der Waals surface area (Å²) in [4.78, 5) is 0. The fourth-order valence-corrected chi connectivity index (χ4v) is 3.07. The third kappa shape index (κ3) is 2.66. The molecule has 1 aliphatic rings. The first kappa shape index (κ1) is 13.4. The van der Waals surface area contributed by atoms with Gasteiger partial charge in [-0.3, -0.25) is 0 Å². The van der Waals surface area contributed by atoms with Crippen LogP contribution in [0, 0.1) is 5.82 Å². The Morgan fingerprint density at radius 1 is 1.20 bits per heavy atom. The summed E-state index contributed by atoms with van der Waals surface area (Å²) >= 11 is 3.20. The van der Waals surface area contributed by atoms with Gasteiger partial charge in [0.2, 0.25) is 0 Å². The van der Waals surface area contributed by atoms with Gasteiger partial charge in [0.05, 0.1) is 15.8 Å². The number of halogens is 2. The Hall–Kier alpha value is -1.55. The predicted molar refractivity (Wildman–Crippen MR) is 84.4 cm³/mol. The summed E-state index contributed by atoms with van der Waals surface area (Å²) in [5, 5.41) is 3.44. The van der Waals surface area contributed by atoms with Crippen LogP contribution in [-0.2, 0) is 12.8 Å². The minimum atomic E-state index is -0.331. The molecule has 0 bridgehead atoms. The van der Waals surface area contributed by atoms with E-state index >= 15 is 0 Å². The zero-order chi connectivity index (χ0) is 14.1. The third-order valence-corrected chi connectivity index (χ3v) is 4.41. The van der Waals surface area contributed by atoms with Gasteiger partial charge in [0.15, 0.2) is 0 Å². The number of nitrogens with one attached hydrogen (secondary N) is 1. The second-order valence-electron chi connectivity index (χ2n) is 5.21. The highest BCUT2D eigenvalue weighted by Crippen LogP contribution is 2.29. The predicted octanol–water partition coefficient (Wildman–Crippen LogP) is 4.14. The van der Waals surface area contributed by atoms with E-state index < -0.39 is 0 Å². The summed E-state index contributed by atoms with van der Waals surface area (Å²) in [6.45, 7) is 0. The van der Waals surface area contributed by atoms with Gasteiger partial charge < -0.3 is 11.1 Å². The van der Waals surface area contributed by atoms with Gasteiger partial charge in [-0.1, -0.05) is 24.3 Å². The van der Waals surface area contributed by atoms with Crippen LogP contribution in [0.25, 0.3) is 0 Å². The van der Waals surface area contributed by atoms with Crippen LogP contribution in [-0.4, -0.2) is 6.04 Å². The maximum Gasteiger partial charge on any atom is 0.139 e. The number of hydrogen-bond acceptors (Lipinski definition) is 2. The van der Waals surface area contributed by atoms with Crippen molar-refractivity contribution in [1.82, 2.24) is 0 Å². The van der Waals surface area contributed by atoms with Crippen molar-refractivity contribution in [2.45, 2.75) is 25.3 Å². The van der Waals surface area contributed by atoms with Gasteiger partial charge in [-0.05, 0) is 52.4 Å². The average Bonchev–Trinajstić information content (AvgIpc) is 2.44. The molecule has 3 N–H and O–H groups in total. The molecule has 2 aromatic rings. The zero-order valence-corrected chi connectivity index (χ0v) is 12.6. The molecule has 0 amide bonds. The van der Waals surface area contributed by atoms with Crippen LogP contribution in [0.15, 0.2) is 40.9 Å². The fraction of sp³-hybridized carbons (Fsp3) is 0.250. The van der Waals surface area contributed by atoms with E-state index in [4.69, 9.17) is 5.73 Å². The molecule has 2 aromatic carbocycles. The van der Waals surface area contributed by atoms with Crippen molar-refractivity contribution in [2.75, 3.05) is 11.1 Å². The van der Waals surface area contributed by atoms with E-state index in [2.05, 4.69) is 45.5 Å². The molecule has 20 heavy (non-hydrogen) atoms. The van der Waals surface area contributed by atoms with E-state index in [9.17, 15) is 4.39 Å². The first-order valence-electron chi connectivity index (χ1n) is 6.71. The van der Waals surface area contributed by atoms with Gasteiger partial charge in [0, 0.05) is 12.1 Å². The van der Waals surface area contributed by atoms with E-state index in [0.717, 1.165) is 24.9 Å². The van der Waals surface area contributed by atoms with Gasteiger partial charge in [-0.25, -0.2) is 4.39 Å². The van der Waals surface area contributed by atoms with Crippen molar-refractivity contribution < 1.29 is 4.39 Å². The lowest BCUT2D eigenvalue weighted by molar-refractivity contribution is 0.608. The smallest absolute Gasteiger partial charge is 0.139 e. The SMILES string of the molecule is Nc1cc(F)c(Br)cc1NC1CCc2ccccc2C1. The maximum atomic E-state index is 13.4. The van der Waals surface area contributed by atoms with Crippen molar-refractivity contribution in [2.24, 2.45) is 0 Å². The highest BCUT2D eigenvalue weighted by molar-refractivity contribution is 9.10. The minimum Gasteiger partial charge on any atom is -0.397 e. The summed E-state index contributed by atoms with van der Waals surface area (Å²) in [5.74, 6) is -0.331. The number of hydrogen-bond donors (Lipinski definition) is 2. The van der Waals surface area contributed by atoms with Crippen molar-refractivity contribution in [1.29, 1.82) is 0 Å². The molecule has 0 aromatic heterocycles. The van der Waals surface area contributed by atoms with E-state index in [1.54, 1.807) is 6.07 Å². The average molecular weight is 335 g/mol. The molecular formula is C16H16BrFN2. The molecule has 0 spiro atoms. The molecule has 2 nitrogen and oxygen atoms in total. The van der Waals surface area contributed by atoms with Crippen LogP contribution in [0.4, 0.5) is 15.8 Å². The Morgan fingerprint density at radius 3 is 2.75 bits per heavy atom. The Labute approximate surface area is 126 Å². The summed E-state index contributed by atoms with van der Waals surface area (Å²) < 4.78 is 13.8. The van der Waals surface area contributed by atoms with E-state index in [1.165, 1.54) is 17.2 Å². The van der Waals surface area contributed by atoms with E-state index in [-0.39, 0.29) is 5.82 Å². The number of benzene rings is 2. The number of aryl methyl sites for hydroxylation is 1. The van der Waals surface area contributed by atoms with Crippen LogP contribution < -0.4 is 11.1 Å². The molecule has 0 saturated carbocycles. The molecule has 0 aliphatic heterocycles. The number of rotatable bonds is 2. The monoisotopic (exact) mass is 334 g/mol. The van der Waals surface area contributed by atoms with Gasteiger partial charge in [0.25, 0.3) is 0 Å². The lowest BCUT2D eigenvalue weighted by atomic mass is 9.88. The highest BCUT2D eigenvalue weighted by Gasteiger charge is 2.19. The van der Waals surface area contributed by atoms with Crippen LogP contribution in [0.5, 0.6) is 0 Å². The molecule has 0 heterocycles. The van der Waals surface area contributed by atoms with Crippen molar-refractivity contribution in [3.8, 4) is 0 Å². The summed E-state index contributed by atoms with van der Waals surface area (Å²) in [6.07, 6.45) is 3.10. The number of nitrogen functional groups attached to an aromatic ring is 1. The second-order valence-corrected chi connectivity index (χ2v) is 6.06. The lowest BCUT2D eigenvalue weighted by Crippen LogP contribution is -2.27. The van der Waals surface area contributed by atoms with Gasteiger partial charge in [-0.2, -0.15) is 0 Å². The minimum absolute atomic E-state index is 0.331. The molecule has 104 valence electrons. The number of nitrogens with two attached hydrogens (primary N) is 1. The molecule has 0 radical (unpaired) electrons. The van der Waals surface area contributed by atoms with Gasteiger partial charge >= 0.3 is 0 Å². The summed E-state index contributed by atoms with van der Waals surface area (Å²) in [6, 6.07) is 11.9. The normalized spacial score (nSPS) is 17.6. The summed E-state index contributed by atoms with van der Waals surface area (Å²) in [7, 11) is 0. The van der Waals surface area contributed by atoms with Crippen molar-refractivity contribution >= 4 is 27.3 Å². The molecule has 3 rings (SSSR count). The second kappa shape index (κ2) is 5.44. The maximum absolute atomic E-state index is 13.4. The first-order valence-corrected chi connectivity index (χ1v) is 7.50. The lowest BCUT2D eigenvalue weighted by Gasteiger charge is -2.27. The van der Waals surface area contributed by atoms with Gasteiger partial charge in [-0.15, -0.1) is 0 Å². The van der Waals surface area contributed by atoms with E-state index in [0.29, 0.717) is 16.2 Å². The van der Waals surface area contributed by atoms with Crippen LogP contribution >= 0.6 is 15.9 Å². The molecular weight excluding hydrogens is 319 g/mol. The zero-order valence-electron chi connectivity index (χ0n) is 11.0. The van der Waals surface area contributed by atoms with Crippen LogP contribution in [0.1, 0.15) is 17.5 Å². The number of fused-ring (bicyclic) bond motifs is 1. The van der Waals surface area contributed by atoms with E-state index in [1.807, 2.05) is 0 Å². The topological polar surface area (TPSA) is 38.0 Å². The quantitative estimate of drug-likeness (QED) is 0.810. The van der Waals surface area contributed by atoms with Crippen molar-refractivity contribution in [3.05, 3.63) is 57.8 Å². The fourth-order valence-electron chi connectivity index (χ4n) is 2.73. The van der Waals surface area contributed by atoms with Crippen LogP contribution in [0.2, 0.25) is 0 Å². The van der Waals surface area contributed by atoms with Crippen molar-refractivity contribution in [3.63, 3.8) is 0 Å². The standard InChI is InChI=1S/C16H16BrFN2/c17-13-8-16(15(19)9-14(13)18)20-12-6-5-10-3-1-2-4-11(10)7-12/h1-4,8-9,12,20H,5-7,19H2. The van der Waals surface area contributed by atoms with Gasteiger partial charge in [0.1, 0.15) is 5.82 Å². The largest absolute Gasteiger partial charge is 0.397 e. The molecule has 1 unspecified atom stereocenters. The van der Waals surface area contributed by atoms with Crippen LogP contribution in [0.3, 0.4) is 0 Å².